The van der Waals surface area contributed by atoms with Crippen LogP contribution in [0.4, 0.5) is 5.69 Å². The first kappa shape index (κ1) is 17.9. The number of nitrogens with zero attached hydrogens (tertiary/aromatic N) is 1. The van der Waals surface area contributed by atoms with Gasteiger partial charge in [-0.15, -0.1) is 0 Å². The van der Waals surface area contributed by atoms with E-state index in [-0.39, 0.29) is 29.8 Å². The maximum Gasteiger partial charge on any atom is 0.227 e. The van der Waals surface area contributed by atoms with E-state index >= 15 is 0 Å². The number of carbonyl (C=O) groups is 2. The van der Waals surface area contributed by atoms with Crippen molar-refractivity contribution < 1.29 is 14.7 Å². The first-order valence-corrected chi connectivity index (χ1v) is 9.29. The van der Waals surface area contributed by atoms with Crippen LogP contribution in [0.25, 0.3) is 0 Å². The largest absolute Gasteiger partial charge is 0.393 e. The Hall–Kier alpha value is -1.88. The number of nitrogens with one attached hydrogen (secondary N) is 1. The average Bonchev–Trinajstić information content (AvgIpc) is 3.01. The quantitative estimate of drug-likeness (QED) is 0.881. The maximum absolute atomic E-state index is 12.5. The van der Waals surface area contributed by atoms with Crippen LogP contribution in [0.15, 0.2) is 18.2 Å². The zero-order valence-corrected chi connectivity index (χ0v) is 15.1. The predicted molar refractivity (Wildman–Crippen MR) is 97.4 cm³/mol. The molecule has 136 valence electrons. The fourth-order valence-corrected chi connectivity index (χ4v) is 3.83. The summed E-state index contributed by atoms with van der Waals surface area (Å²) in [7, 11) is 0. The molecule has 3 unspecified atom stereocenters. The highest BCUT2D eigenvalue weighted by atomic mass is 16.3. The van der Waals surface area contributed by atoms with Crippen LogP contribution in [0, 0.1) is 25.7 Å². The lowest BCUT2D eigenvalue weighted by molar-refractivity contribution is -0.127. The first-order valence-electron chi connectivity index (χ1n) is 9.29. The molecule has 0 aromatic heterocycles. The number of hydrogen-bond donors (Lipinski definition) is 2. The van der Waals surface area contributed by atoms with Crippen molar-refractivity contribution in [3.8, 4) is 0 Å². The summed E-state index contributed by atoms with van der Waals surface area (Å²) in [4.78, 5) is 26.6. The van der Waals surface area contributed by atoms with Gasteiger partial charge in [0.15, 0.2) is 0 Å². The number of aliphatic hydroxyl groups excluding tert-OH is 1. The minimum absolute atomic E-state index is 0.000401. The number of rotatable bonds is 4. The van der Waals surface area contributed by atoms with Gasteiger partial charge in [0, 0.05) is 31.1 Å². The standard InChI is InChI=1S/C20H28N2O3/c1-13-6-8-17(10-14(13)2)22-12-16(7-9-19(22)24)20(25)21-11-15-4-3-5-18(15)23/h6,8,10,15-16,18,23H,3-5,7,9,11-12H2,1-2H3,(H,21,25). The Morgan fingerprint density at radius 2 is 2.04 bits per heavy atom. The van der Waals surface area contributed by atoms with Gasteiger partial charge in [-0.1, -0.05) is 12.5 Å². The van der Waals surface area contributed by atoms with E-state index in [1.54, 1.807) is 4.90 Å². The summed E-state index contributed by atoms with van der Waals surface area (Å²) in [6.45, 7) is 5.05. The zero-order chi connectivity index (χ0) is 18.0. The van der Waals surface area contributed by atoms with E-state index in [9.17, 15) is 14.7 Å². The second-order valence-corrected chi connectivity index (χ2v) is 7.51. The van der Waals surface area contributed by atoms with Gasteiger partial charge in [0.1, 0.15) is 0 Å². The topological polar surface area (TPSA) is 69.6 Å². The average molecular weight is 344 g/mol. The van der Waals surface area contributed by atoms with Crippen LogP contribution in [0.5, 0.6) is 0 Å². The van der Waals surface area contributed by atoms with Crippen LogP contribution < -0.4 is 10.2 Å². The molecule has 2 fully saturated rings. The summed E-state index contributed by atoms with van der Waals surface area (Å²) in [6, 6.07) is 5.99. The summed E-state index contributed by atoms with van der Waals surface area (Å²) >= 11 is 0. The molecule has 2 amide bonds. The number of amides is 2. The molecule has 1 aromatic carbocycles. The van der Waals surface area contributed by atoms with Crippen molar-refractivity contribution in [1.29, 1.82) is 0 Å². The Morgan fingerprint density at radius 1 is 1.24 bits per heavy atom. The molecule has 0 spiro atoms. The van der Waals surface area contributed by atoms with Crippen LogP contribution >= 0.6 is 0 Å². The van der Waals surface area contributed by atoms with Crippen molar-refractivity contribution in [2.45, 2.75) is 52.1 Å². The Kier molecular flexibility index (Phi) is 5.42. The Labute approximate surface area is 149 Å². The maximum atomic E-state index is 12.5. The highest BCUT2D eigenvalue weighted by Gasteiger charge is 2.32. The number of piperidine rings is 1. The second-order valence-electron chi connectivity index (χ2n) is 7.51. The van der Waals surface area contributed by atoms with Gasteiger partial charge in [0.25, 0.3) is 0 Å². The van der Waals surface area contributed by atoms with Crippen molar-refractivity contribution in [2.24, 2.45) is 11.8 Å². The molecular weight excluding hydrogens is 316 g/mol. The van der Waals surface area contributed by atoms with Crippen molar-refractivity contribution in [2.75, 3.05) is 18.0 Å². The molecule has 1 aliphatic heterocycles. The van der Waals surface area contributed by atoms with E-state index < -0.39 is 0 Å². The Bertz CT molecular complexity index is 658. The number of anilines is 1. The van der Waals surface area contributed by atoms with Gasteiger partial charge in [-0.25, -0.2) is 0 Å². The number of aliphatic hydroxyl groups is 1. The molecule has 1 aromatic rings. The predicted octanol–water partition coefficient (Wildman–Crippen LogP) is 2.32. The third kappa shape index (κ3) is 4.03. The van der Waals surface area contributed by atoms with Crippen molar-refractivity contribution in [3.05, 3.63) is 29.3 Å². The first-order chi connectivity index (χ1) is 12.0. The molecule has 3 atom stereocenters. The van der Waals surface area contributed by atoms with Crippen molar-refractivity contribution in [1.82, 2.24) is 5.32 Å². The third-order valence-corrected chi connectivity index (χ3v) is 5.74. The monoisotopic (exact) mass is 344 g/mol. The van der Waals surface area contributed by atoms with Gasteiger partial charge in [0.05, 0.1) is 12.0 Å². The second kappa shape index (κ2) is 7.56. The molecule has 5 nitrogen and oxygen atoms in total. The van der Waals surface area contributed by atoms with Gasteiger partial charge in [0.2, 0.25) is 11.8 Å². The van der Waals surface area contributed by atoms with Gasteiger partial charge >= 0.3 is 0 Å². The van der Waals surface area contributed by atoms with Crippen LogP contribution in [-0.2, 0) is 9.59 Å². The third-order valence-electron chi connectivity index (χ3n) is 5.74. The lowest BCUT2D eigenvalue weighted by atomic mass is 9.95. The lowest BCUT2D eigenvalue weighted by Crippen LogP contribution is -2.47. The van der Waals surface area contributed by atoms with Gasteiger partial charge in [-0.3, -0.25) is 9.59 Å². The van der Waals surface area contributed by atoms with E-state index in [1.165, 1.54) is 5.56 Å². The molecule has 1 saturated heterocycles. The lowest BCUT2D eigenvalue weighted by Gasteiger charge is -2.32. The summed E-state index contributed by atoms with van der Waals surface area (Å²) in [5, 5.41) is 12.9. The van der Waals surface area contributed by atoms with E-state index in [1.807, 2.05) is 32.0 Å². The molecule has 0 bridgehead atoms. The van der Waals surface area contributed by atoms with E-state index in [0.29, 0.717) is 25.9 Å². The van der Waals surface area contributed by atoms with E-state index in [0.717, 1.165) is 30.5 Å². The van der Waals surface area contributed by atoms with Crippen LogP contribution in [-0.4, -0.2) is 36.1 Å². The number of hydrogen-bond acceptors (Lipinski definition) is 3. The van der Waals surface area contributed by atoms with E-state index in [2.05, 4.69) is 5.32 Å². The normalized spacial score (nSPS) is 26.8. The Morgan fingerprint density at radius 3 is 2.72 bits per heavy atom. The molecule has 0 radical (unpaired) electrons. The van der Waals surface area contributed by atoms with Crippen molar-refractivity contribution >= 4 is 17.5 Å². The number of aryl methyl sites for hydroxylation is 2. The SMILES string of the molecule is Cc1ccc(N2CC(C(=O)NCC3CCCC3O)CCC2=O)cc1C. The molecule has 1 aliphatic carbocycles. The molecule has 5 heteroatoms. The summed E-state index contributed by atoms with van der Waals surface area (Å²) in [6.07, 6.45) is 3.54. The molecule has 2 N–H and O–H groups in total. The highest BCUT2D eigenvalue weighted by molar-refractivity contribution is 5.96. The number of carbonyl (C=O) groups excluding carboxylic acids is 2. The number of benzene rings is 1. The summed E-state index contributed by atoms with van der Waals surface area (Å²) in [5.74, 6) is 0.0711. The smallest absolute Gasteiger partial charge is 0.227 e. The summed E-state index contributed by atoms with van der Waals surface area (Å²) < 4.78 is 0. The minimum atomic E-state index is -0.291. The van der Waals surface area contributed by atoms with Crippen molar-refractivity contribution in [3.63, 3.8) is 0 Å². The Balaban J connectivity index is 1.62. The fourth-order valence-electron chi connectivity index (χ4n) is 3.83. The molecule has 25 heavy (non-hydrogen) atoms. The van der Waals surface area contributed by atoms with Crippen LogP contribution in [0.2, 0.25) is 0 Å². The minimum Gasteiger partial charge on any atom is -0.393 e. The van der Waals surface area contributed by atoms with Crippen LogP contribution in [0.3, 0.4) is 0 Å². The molecule has 3 rings (SSSR count). The fraction of sp³-hybridized carbons (Fsp3) is 0.600. The molecule has 1 saturated carbocycles. The van der Waals surface area contributed by atoms with Gasteiger partial charge in [-0.05, 0) is 56.4 Å². The highest BCUT2D eigenvalue weighted by Crippen LogP contribution is 2.27. The van der Waals surface area contributed by atoms with Crippen LogP contribution in [0.1, 0.15) is 43.2 Å². The van der Waals surface area contributed by atoms with Gasteiger partial charge < -0.3 is 15.3 Å². The molecule has 2 aliphatic rings. The molecule has 1 heterocycles. The summed E-state index contributed by atoms with van der Waals surface area (Å²) in [5.41, 5.74) is 3.21. The van der Waals surface area contributed by atoms with E-state index in [4.69, 9.17) is 0 Å². The zero-order valence-electron chi connectivity index (χ0n) is 15.1. The van der Waals surface area contributed by atoms with Gasteiger partial charge in [-0.2, -0.15) is 0 Å². The molecular formula is C20H28N2O3.